The van der Waals surface area contributed by atoms with Gasteiger partial charge in [0.15, 0.2) is 5.96 Å². The summed E-state index contributed by atoms with van der Waals surface area (Å²) in [6.45, 7) is 4.97. The molecule has 0 aliphatic heterocycles. The predicted molar refractivity (Wildman–Crippen MR) is 94.7 cm³/mol. The van der Waals surface area contributed by atoms with Crippen LogP contribution >= 0.6 is 24.0 Å². The van der Waals surface area contributed by atoms with Crippen molar-refractivity contribution in [1.29, 1.82) is 0 Å². The van der Waals surface area contributed by atoms with Crippen LogP contribution in [0.1, 0.15) is 19.4 Å². The molecule has 0 fully saturated rings. The van der Waals surface area contributed by atoms with Crippen LogP contribution in [0, 0.1) is 0 Å². The van der Waals surface area contributed by atoms with E-state index in [1.165, 1.54) is 11.3 Å². The average Bonchev–Trinajstić information content (AvgIpc) is 2.34. The van der Waals surface area contributed by atoms with Crippen LogP contribution in [0.2, 0.25) is 0 Å². The Morgan fingerprint density at radius 1 is 1.32 bits per heavy atom. The van der Waals surface area contributed by atoms with Crippen molar-refractivity contribution in [3.05, 3.63) is 29.8 Å². The summed E-state index contributed by atoms with van der Waals surface area (Å²) in [7, 11) is 5.88. The Balaban J connectivity index is 0.00000324. The molecule has 0 spiro atoms. The standard InChI is InChI=1S/C14H24N4.HI/c1-11(2)17-14(15-3)16-10-12-7-6-8-13(9-12)18(4)5;/h6-9,11H,10H2,1-5H3,(H2,15,16,17);1H. The number of nitrogens with zero attached hydrogens (tertiary/aromatic N) is 2. The van der Waals surface area contributed by atoms with Crippen molar-refractivity contribution in [2.24, 2.45) is 4.99 Å². The second kappa shape index (κ2) is 9.01. The van der Waals surface area contributed by atoms with E-state index in [1.54, 1.807) is 7.05 Å². The van der Waals surface area contributed by atoms with Crippen molar-refractivity contribution in [2.75, 3.05) is 26.0 Å². The van der Waals surface area contributed by atoms with Gasteiger partial charge in [-0.05, 0) is 31.5 Å². The number of anilines is 1. The van der Waals surface area contributed by atoms with E-state index < -0.39 is 0 Å². The van der Waals surface area contributed by atoms with E-state index in [-0.39, 0.29) is 24.0 Å². The van der Waals surface area contributed by atoms with E-state index in [2.05, 4.69) is 58.6 Å². The summed E-state index contributed by atoms with van der Waals surface area (Å²) >= 11 is 0. The first-order chi connectivity index (χ1) is 8.52. The van der Waals surface area contributed by atoms with Crippen molar-refractivity contribution < 1.29 is 0 Å². The normalized spacial score (nSPS) is 10.9. The van der Waals surface area contributed by atoms with E-state index in [0.29, 0.717) is 6.04 Å². The van der Waals surface area contributed by atoms with Crippen molar-refractivity contribution in [3.63, 3.8) is 0 Å². The van der Waals surface area contributed by atoms with Gasteiger partial charge in [-0.1, -0.05) is 12.1 Å². The van der Waals surface area contributed by atoms with Gasteiger partial charge in [0.25, 0.3) is 0 Å². The van der Waals surface area contributed by atoms with Gasteiger partial charge in [0.05, 0.1) is 0 Å². The van der Waals surface area contributed by atoms with Crippen LogP contribution in [0.4, 0.5) is 5.69 Å². The van der Waals surface area contributed by atoms with Gasteiger partial charge < -0.3 is 15.5 Å². The van der Waals surface area contributed by atoms with Crippen LogP contribution in [-0.2, 0) is 6.54 Å². The molecule has 0 atom stereocenters. The maximum absolute atomic E-state index is 4.18. The SMILES string of the molecule is CN=C(NCc1cccc(N(C)C)c1)NC(C)C.I. The topological polar surface area (TPSA) is 39.7 Å². The minimum Gasteiger partial charge on any atom is -0.378 e. The van der Waals surface area contributed by atoms with Gasteiger partial charge in [0.2, 0.25) is 0 Å². The molecule has 0 aromatic heterocycles. The van der Waals surface area contributed by atoms with E-state index in [1.807, 2.05) is 14.1 Å². The third-order valence-corrected chi connectivity index (χ3v) is 2.54. The number of guanidine groups is 1. The molecule has 0 aliphatic carbocycles. The summed E-state index contributed by atoms with van der Waals surface area (Å²) in [4.78, 5) is 6.29. The zero-order chi connectivity index (χ0) is 13.5. The summed E-state index contributed by atoms with van der Waals surface area (Å²) in [5.41, 5.74) is 2.45. The summed E-state index contributed by atoms with van der Waals surface area (Å²) in [5.74, 6) is 0.834. The summed E-state index contributed by atoms with van der Waals surface area (Å²) in [6, 6.07) is 8.85. The fraction of sp³-hybridized carbons (Fsp3) is 0.500. The predicted octanol–water partition coefficient (Wildman–Crippen LogP) is 2.44. The zero-order valence-corrected chi connectivity index (χ0v) is 14.7. The van der Waals surface area contributed by atoms with E-state index >= 15 is 0 Å². The highest BCUT2D eigenvalue weighted by molar-refractivity contribution is 14.0. The third-order valence-electron chi connectivity index (χ3n) is 2.54. The maximum Gasteiger partial charge on any atom is 0.191 e. The fourth-order valence-electron chi connectivity index (χ4n) is 1.60. The number of rotatable bonds is 4. The molecule has 19 heavy (non-hydrogen) atoms. The molecule has 108 valence electrons. The van der Waals surface area contributed by atoms with Crippen LogP contribution in [-0.4, -0.2) is 33.1 Å². The molecule has 1 aromatic carbocycles. The van der Waals surface area contributed by atoms with Crippen LogP contribution in [0.15, 0.2) is 29.3 Å². The Bertz CT molecular complexity index is 402. The lowest BCUT2D eigenvalue weighted by atomic mass is 10.2. The van der Waals surface area contributed by atoms with Crippen LogP contribution in [0.3, 0.4) is 0 Å². The van der Waals surface area contributed by atoms with Gasteiger partial charge in [-0.3, -0.25) is 4.99 Å². The lowest BCUT2D eigenvalue weighted by Crippen LogP contribution is -2.40. The number of halogens is 1. The molecular formula is C14H25IN4. The van der Waals surface area contributed by atoms with Gasteiger partial charge in [0.1, 0.15) is 0 Å². The number of nitrogens with one attached hydrogen (secondary N) is 2. The molecule has 0 heterocycles. The van der Waals surface area contributed by atoms with E-state index in [4.69, 9.17) is 0 Å². The van der Waals surface area contributed by atoms with Crippen molar-refractivity contribution in [3.8, 4) is 0 Å². The van der Waals surface area contributed by atoms with Gasteiger partial charge in [-0.2, -0.15) is 0 Å². The minimum atomic E-state index is 0. The molecule has 4 nitrogen and oxygen atoms in total. The number of hydrogen-bond acceptors (Lipinski definition) is 2. The summed E-state index contributed by atoms with van der Waals surface area (Å²) < 4.78 is 0. The number of hydrogen-bond donors (Lipinski definition) is 2. The molecule has 1 aromatic rings. The monoisotopic (exact) mass is 376 g/mol. The van der Waals surface area contributed by atoms with Gasteiger partial charge in [0, 0.05) is 39.4 Å². The van der Waals surface area contributed by atoms with E-state index in [0.717, 1.165) is 12.5 Å². The smallest absolute Gasteiger partial charge is 0.191 e. The van der Waals surface area contributed by atoms with Gasteiger partial charge >= 0.3 is 0 Å². The molecule has 1 rings (SSSR count). The second-order valence-corrected chi connectivity index (χ2v) is 4.79. The third kappa shape index (κ3) is 6.66. The summed E-state index contributed by atoms with van der Waals surface area (Å²) in [5, 5.41) is 6.57. The first kappa shape index (κ1) is 18.0. The fourth-order valence-corrected chi connectivity index (χ4v) is 1.60. The largest absolute Gasteiger partial charge is 0.378 e. The second-order valence-electron chi connectivity index (χ2n) is 4.79. The molecular weight excluding hydrogens is 351 g/mol. The number of benzene rings is 1. The minimum absolute atomic E-state index is 0. The molecule has 0 aliphatic rings. The lowest BCUT2D eigenvalue weighted by molar-refractivity contribution is 0.699. The molecule has 0 unspecified atom stereocenters. The van der Waals surface area contributed by atoms with Crippen molar-refractivity contribution in [2.45, 2.75) is 26.4 Å². The Morgan fingerprint density at radius 3 is 2.53 bits per heavy atom. The molecule has 0 radical (unpaired) electrons. The molecule has 2 N–H and O–H groups in total. The number of aliphatic imine (C=N–C) groups is 1. The first-order valence-electron chi connectivity index (χ1n) is 6.26. The summed E-state index contributed by atoms with van der Waals surface area (Å²) in [6.07, 6.45) is 0. The van der Waals surface area contributed by atoms with Crippen molar-refractivity contribution >= 4 is 35.6 Å². The van der Waals surface area contributed by atoms with Crippen molar-refractivity contribution in [1.82, 2.24) is 10.6 Å². The Kier molecular flexibility index (Phi) is 8.54. The Morgan fingerprint density at radius 2 is 2.00 bits per heavy atom. The van der Waals surface area contributed by atoms with Crippen LogP contribution in [0.5, 0.6) is 0 Å². The highest BCUT2D eigenvalue weighted by atomic mass is 127. The lowest BCUT2D eigenvalue weighted by Gasteiger charge is -2.16. The highest BCUT2D eigenvalue weighted by Gasteiger charge is 2.01. The van der Waals surface area contributed by atoms with Gasteiger partial charge in [-0.25, -0.2) is 0 Å². The molecule has 0 bridgehead atoms. The first-order valence-corrected chi connectivity index (χ1v) is 6.26. The molecule has 0 saturated heterocycles. The maximum atomic E-state index is 4.18. The molecule has 0 saturated carbocycles. The molecule has 0 amide bonds. The zero-order valence-electron chi connectivity index (χ0n) is 12.4. The average molecular weight is 376 g/mol. The Labute approximate surface area is 133 Å². The molecule has 5 heteroatoms. The quantitative estimate of drug-likeness (QED) is 0.482. The van der Waals surface area contributed by atoms with Crippen LogP contribution < -0.4 is 15.5 Å². The highest BCUT2D eigenvalue weighted by Crippen LogP contribution is 2.12. The van der Waals surface area contributed by atoms with Crippen LogP contribution in [0.25, 0.3) is 0 Å². The Hall–Kier alpha value is -0.980. The van der Waals surface area contributed by atoms with E-state index in [9.17, 15) is 0 Å². The van der Waals surface area contributed by atoms with Gasteiger partial charge in [-0.15, -0.1) is 24.0 Å².